The minimum atomic E-state index is -0.686. The van der Waals surface area contributed by atoms with E-state index in [9.17, 15) is 9.90 Å². The van der Waals surface area contributed by atoms with Crippen molar-refractivity contribution in [1.29, 1.82) is 0 Å². The smallest absolute Gasteiger partial charge is 0.307 e. The molecule has 0 spiro atoms. The van der Waals surface area contributed by atoms with Crippen molar-refractivity contribution in [2.75, 3.05) is 19.6 Å². The Morgan fingerprint density at radius 1 is 1.20 bits per heavy atom. The van der Waals surface area contributed by atoms with Crippen molar-refractivity contribution in [3.8, 4) is 28.3 Å². The van der Waals surface area contributed by atoms with Gasteiger partial charge in [0.2, 0.25) is 0 Å². The lowest BCUT2D eigenvalue weighted by atomic mass is 9.93. The van der Waals surface area contributed by atoms with Crippen molar-refractivity contribution < 1.29 is 14.6 Å². The molecule has 7 heteroatoms. The van der Waals surface area contributed by atoms with Gasteiger partial charge in [0.15, 0.2) is 5.82 Å². The van der Waals surface area contributed by atoms with Crippen molar-refractivity contribution in [2.45, 2.75) is 46.1 Å². The third-order valence-corrected chi connectivity index (χ3v) is 6.76. The summed E-state index contributed by atoms with van der Waals surface area (Å²) in [4.78, 5) is 22.8. The number of carboxylic acid groups (broad SMARTS) is 1. The third-order valence-electron chi connectivity index (χ3n) is 6.46. The Bertz CT molecular complexity index is 1180. The number of halogens is 1. The van der Waals surface area contributed by atoms with E-state index in [1.165, 1.54) is 11.1 Å². The summed E-state index contributed by atoms with van der Waals surface area (Å²) in [6.45, 7) is 8.45. The molecule has 0 radical (unpaired) electrons. The number of rotatable bonds is 9. The predicted molar refractivity (Wildman–Crippen MR) is 139 cm³/mol. The molecule has 1 atom stereocenters. The molecule has 0 aliphatic carbocycles. The molecule has 2 aromatic carbocycles. The lowest BCUT2D eigenvalue weighted by molar-refractivity contribution is -0.141. The van der Waals surface area contributed by atoms with Crippen LogP contribution in [-0.2, 0) is 17.6 Å². The number of aliphatic carboxylic acids is 1. The van der Waals surface area contributed by atoms with E-state index in [-0.39, 0.29) is 12.0 Å². The maximum atomic E-state index is 11.3. The number of ether oxygens (including phenoxy) is 1. The lowest BCUT2D eigenvalue weighted by Gasteiger charge is -2.18. The van der Waals surface area contributed by atoms with Crippen molar-refractivity contribution in [3.63, 3.8) is 0 Å². The van der Waals surface area contributed by atoms with Gasteiger partial charge in [0, 0.05) is 36.6 Å². The molecular weight excluding hydrogens is 462 g/mol. The van der Waals surface area contributed by atoms with Crippen molar-refractivity contribution in [3.05, 3.63) is 64.9 Å². The second-order valence-corrected chi connectivity index (χ2v) is 9.69. The first-order chi connectivity index (χ1) is 16.9. The fourth-order valence-corrected chi connectivity index (χ4v) is 4.90. The summed E-state index contributed by atoms with van der Waals surface area (Å²) in [5.41, 5.74) is 5.54. The number of nitrogens with zero attached hydrogens (tertiary/aromatic N) is 3. The number of benzene rings is 2. The fourth-order valence-electron chi connectivity index (χ4n) is 4.68. The summed E-state index contributed by atoms with van der Waals surface area (Å²) in [7, 11) is 0. The monoisotopic (exact) mass is 493 g/mol. The van der Waals surface area contributed by atoms with Gasteiger partial charge in [-0.05, 0) is 74.5 Å². The quantitative estimate of drug-likeness (QED) is 0.408. The van der Waals surface area contributed by atoms with E-state index in [1.54, 1.807) is 0 Å². The highest BCUT2D eigenvalue weighted by Crippen LogP contribution is 2.31. The van der Waals surface area contributed by atoms with Crippen LogP contribution in [0.3, 0.4) is 0 Å². The van der Waals surface area contributed by atoms with Gasteiger partial charge in [0.05, 0.1) is 17.0 Å². The minimum Gasteiger partial charge on any atom is -0.489 e. The number of hydrogen-bond donors (Lipinski definition) is 1. The van der Waals surface area contributed by atoms with Crippen LogP contribution in [0.1, 0.15) is 38.3 Å². The number of hydrogen-bond acceptors (Lipinski definition) is 5. The summed E-state index contributed by atoms with van der Waals surface area (Å²) >= 11 is 6.39. The molecule has 0 amide bonds. The molecule has 2 heterocycles. The first-order valence-corrected chi connectivity index (χ1v) is 12.6. The van der Waals surface area contributed by atoms with Gasteiger partial charge in [0.1, 0.15) is 5.75 Å². The summed E-state index contributed by atoms with van der Waals surface area (Å²) < 4.78 is 5.72. The first-order valence-electron chi connectivity index (χ1n) is 12.2. The van der Waals surface area contributed by atoms with Crippen LogP contribution in [-0.4, -0.2) is 51.7 Å². The number of likely N-dealkylation sites (tertiary alicyclic amines) is 1. The van der Waals surface area contributed by atoms with Gasteiger partial charge in [-0.1, -0.05) is 36.7 Å². The first kappa shape index (κ1) is 25.1. The van der Waals surface area contributed by atoms with Crippen molar-refractivity contribution >= 4 is 17.6 Å². The van der Waals surface area contributed by atoms with E-state index in [2.05, 4.69) is 40.0 Å². The van der Waals surface area contributed by atoms with Crippen LogP contribution in [0, 0.1) is 5.92 Å². The van der Waals surface area contributed by atoms with Crippen molar-refractivity contribution in [2.24, 2.45) is 5.92 Å². The fraction of sp³-hybridized carbons (Fsp3) is 0.393. The van der Waals surface area contributed by atoms with E-state index in [1.807, 2.05) is 44.4 Å². The van der Waals surface area contributed by atoms with E-state index in [0.29, 0.717) is 23.1 Å². The molecule has 35 heavy (non-hydrogen) atoms. The maximum Gasteiger partial charge on any atom is 0.307 e. The molecule has 1 aromatic heterocycles. The average molecular weight is 494 g/mol. The molecule has 6 nitrogen and oxygen atoms in total. The zero-order chi connectivity index (χ0) is 24.9. The molecule has 3 aromatic rings. The Balaban J connectivity index is 1.50. The van der Waals surface area contributed by atoms with Crippen molar-refractivity contribution in [1.82, 2.24) is 14.9 Å². The maximum absolute atomic E-state index is 11.3. The Labute approximate surface area is 211 Å². The highest BCUT2D eigenvalue weighted by Gasteiger charge is 2.27. The molecule has 4 rings (SSSR count). The molecule has 1 aliphatic rings. The Morgan fingerprint density at radius 2 is 1.97 bits per heavy atom. The van der Waals surface area contributed by atoms with E-state index in [0.717, 1.165) is 49.0 Å². The van der Waals surface area contributed by atoms with Gasteiger partial charge >= 0.3 is 5.97 Å². The highest BCUT2D eigenvalue weighted by molar-refractivity contribution is 6.32. The molecule has 1 fully saturated rings. The van der Waals surface area contributed by atoms with E-state index >= 15 is 0 Å². The van der Waals surface area contributed by atoms with Crippen LogP contribution in [0.15, 0.2) is 48.8 Å². The molecule has 0 saturated carbocycles. The molecule has 1 aliphatic heterocycles. The van der Waals surface area contributed by atoms with E-state index in [4.69, 9.17) is 16.3 Å². The summed E-state index contributed by atoms with van der Waals surface area (Å²) in [5, 5.41) is 9.80. The summed E-state index contributed by atoms with van der Waals surface area (Å²) in [5.74, 6) is 0.340. The molecule has 1 N–H and O–H groups in total. The van der Waals surface area contributed by atoms with Crippen LogP contribution in [0.2, 0.25) is 5.02 Å². The zero-order valence-corrected chi connectivity index (χ0v) is 21.3. The second kappa shape index (κ2) is 11.2. The Kier molecular flexibility index (Phi) is 8.04. The second-order valence-electron chi connectivity index (χ2n) is 9.28. The zero-order valence-electron chi connectivity index (χ0n) is 20.5. The minimum absolute atomic E-state index is 0.0504. The average Bonchev–Trinajstić information content (AvgIpc) is 3.33. The normalized spacial score (nSPS) is 16.1. The summed E-state index contributed by atoms with van der Waals surface area (Å²) in [6, 6.07) is 12.0. The predicted octanol–water partition coefficient (Wildman–Crippen LogP) is 5.76. The van der Waals surface area contributed by atoms with Gasteiger partial charge in [-0.25, -0.2) is 9.97 Å². The van der Waals surface area contributed by atoms with Gasteiger partial charge in [-0.2, -0.15) is 0 Å². The number of aromatic nitrogens is 2. The number of carbonyl (C=O) groups is 1. The number of carboxylic acids is 1. The SMILES string of the molecule is CCc1c(CCN2CC[C@@H](C(=O)O)C2)cccc1-c1cnc(-c2ccc(OC(C)C)c(Cl)c2)nc1. The standard InChI is InChI=1S/C28H32ClN3O3/c1-4-23-19(10-12-32-13-11-21(17-32)28(33)34)6-5-7-24(23)22-15-30-27(31-16-22)20-8-9-26(25(29)14-20)35-18(2)3/h5-9,14-16,18,21H,4,10-13,17H2,1-3H3,(H,33,34)/t21-/m1/s1. The van der Waals surface area contributed by atoms with Crippen LogP contribution in [0.25, 0.3) is 22.5 Å². The topological polar surface area (TPSA) is 75.6 Å². The van der Waals surface area contributed by atoms with Crippen LogP contribution < -0.4 is 4.74 Å². The van der Waals surface area contributed by atoms with Gasteiger partial charge < -0.3 is 14.7 Å². The van der Waals surface area contributed by atoms with Crippen LogP contribution in [0.5, 0.6) is 5.75 Å². The Hall–Kier alpha value is -2.96. The largest absolute Gasteiger partial charge is 0.489 e. The van der Waals surface area contributed by atoms with Gasteiger partial charge in [0.25, 0.3) is 0 Å². The van der Waals surface area contributed by atoms with Crippen LogP contribution >= 0.6 is 11.6 Å². The molecular formula is C28H32ClN3O3. The van der Waals surface area contributed by atoms with Gasteiger partial charge in [-0.3, -0.25) is 4.79 Å². The molecule has 1 saturated heterocycles. The highest BCUT2D eigenvalue weighted by atomic mass is 35.5. The van der Waals surface area contributed by atoms with Gasteiger partial charge in [-0.15, -0.1) is 0 Å². The molecule has 184 valence electrons. The molecule has 0 unspecified atom stereocenters. The third kappa shape index (κ3) is 6.00. The molecule has 0 bridgehead atoms. The Morgan fingerprint density at radius 3 is 2.60 bits per heavy atom. The van der Waals surface area contributed by atoms with E-state index < -0.39 is 5.97 Å². The lowest BCUT2D eigenvalue weighted by Crippen LogP contribution is -2.25. The van der Waals surface area contributed by atoms with Crippen LogP contribution in [0.4, 0.5) is 0 Å². The summed E-state index contributed by atoms with van der Waals surface area (Å²) in [6.07, 6.45) is 6.31.